The van der Waals surface area contributed by atoms with Gasteiger partial charge in [-0.2, -0.15) is 0 Å². The molecule has 1 atom stereocenters. The Hall–Kier alpha value is -0.770. The molecule has 0 spiro atoms. The summed E-state index contributed by atoms with van der Waals surface area (Å²) >= 11 is 6.43. The van der Waals surface area contributed by atoms with Crippen molar-refractivity contribution in [1.29, 1.82) is 0 Å². The molecule has 0 saturated carbocycles. The normalized spacial score (nSPS) is 20.8. The first-order valence-electron chi connectivity index (χ1n) is 7.08. The van der Waals surface area contributed by atoms with E-state index in [1.165, 1.54) is 11.3 Å². The van der Waals surface area contributed by atoms with Crippen LogP contribution in [0.3, 0.4) is 0 Å². The maximum atomic E-state index is 6.43. The molecule has 0 amide bonds. The van der Waals surface area contributed by atoms with Crippen molar-refractivity contribution in [3.8, 4) is 0 Å². The van der Waals surface area contributed by atoms with Gasteiger partial charge in [-0.1, -0.05) is 30.7 Å². The molecule has 1 aliphatic rings. The molecule has 1 heterocycles. The molecule has 1 unspecified atom stereocenters. The minimum absolute atomic E-state index is 0.581. The number of nitrogens with one attached hydrogen (secondary N) is 1. The van der Waals surface area contributed by atoms with Gasteiger partial charge in [-0.3, -0.25) is 4.90 Å². The topological polar surface area (TPSA) is 18.5 Å². The van der Waals surface area contributed by atoms with Gasteiger partial charge in [0.15, 0.2) is 0 Å². The molecule has 2 rings (SSSR count). The van der Waals surface area contributed by atoms with Crippen LogP contribution < -0.4 is 10.2 Å². The van der Waals surface area contributed by atoms with Gasteiger partial charge in [0, 0.05) is 32.2 Å². The Morgan fingerprint density at radius 1 is 1.37 bits per heavy atom. The predicted molar refractivity (Wildman–Crippen MR) is 83.1 cm³/mol. The van der Waals surface area contributed by atoms with Gasteiger partial charge >= 0.3 is 0 Å². The van der Waals surface area contributed by atoms with Gasteiger partial charge in [0.25, 0.3) is 0 Å². The number of halogens is 1. The number of rotatable bonds is 4. The number of anilines is 1. The largest absolute Gasteiger partial charge is 0.367 e. The van der Waals surface area contributed by atoms with Crippen molar-refractivity contribution in [2.24, 2.45) is 0 Å². The summed E-state index contributed by atoms with van der Waals surface area (Å²) in [7, 11) is 1.97. The summed E-state index contributed by atoms with van der Waals surface area (Å²) < 4.78 is 0. The van der Waals surface area contributed by atoms with Crippen LogP contribution in [0, 0.1) is 0 Å². The fraction of sp³-hybridized carbons (Fsp3) is 0.600. The molecular weight excluding hydrogens is 258 g/mol. The van der Waals surface area contributed by atoms with E-state index < -0.39 is 0 Å². The highest BCUT2D eigenvalue weighted by Crippen LogP contribution is 2.31. The second-order valence-electron chi connectivity index (χ2n) is 5.20. The van der Waals surface area contributed by atoms with Crippen LogP contribution in [-0.4, -0.2) is 44.2 Å². The molecule has 0 bridgehead atoms. The standard InChI is InChI=1S/C15H24ClN3/c1-4-18-8-9-19(11-12(18)2)15-13(10-17-3)6-5-7-14(15)16/h5-7,12,17H,4,8-11H2,1-3H3. The second kappa shape index (κ2) is 6.60. The monoisotopic (exact) mass is 281 g/mol. The summed E-state index contributed by atoms with van der Waals surface area (Å²) in [6.07, 6.45) is 0. The van der Waals surface area contributed by atoms with Gasteiger partial charge in [-0.25, -0.2) is 0 Å². The van der Waals surface area contributed by atoms with Crippen molar-refractivity contribution in [2.45, 2.75) is 26.4 Å². The predicted octanol–water partition coefficient (Wildman–Crippen LogP) is 2.59. The Balaban J connectivity index is 2.22. The van der Waals surface area contributed by atoms with Gasteiger partial charge in [0.2, 0.25) is 0 Å². The number of hydrogen-bond donors (Lipinski definition) is 1. The van der Waals surface area contributed by atoms with E-state index in [0.29, 0.717) is 6.04 Å². The van der Waals surface area contributed by atoms with Crippen LogP contribution in [0.15, 0.2) is 18.2 Å². The fourth-order valence-electron chi connectivity index (χ4n) is 2.92. The van der Waals surface area contributed by atoms with Crippen LogP contribution in [0.5, 0.6) is 0 Å². The highest BCUT2D eigenvalue weighted by Gasteiger charge is 2.25. The molecule has 3 nitrogen and oxygen atoms in total. The van der Waals surface area contributed by atoms with Crippen LogP contribution in [0.4, 0.5) is 5.69 Å². The Kier molecular flexibility index (Phi) is 5.08. The Morgan fingerprint density at radius 2 is 2.16 bits per heavy atom. The minimum Gasteiger partial charge on any atom is -0.367 e. The molecule has 106 valence electrons. The zero-order valence-corrected chi connectivity index (χ0v) is 12.9. The van der Waals surface area contributed by atoms with E-state index in [4.69, 9.17) is 11.6 Å². The zero-order valence-electron chi connectivity index (χ0n) is 12.1. The lowest BCUT2D eigenvalue weighted by atomic mass is 10.1. The third-order valence-electron chi connectivity index (χ3n) is 3.93. The SMILES string of the molecule is CCN1CCN(c2c(Cl)cccc2CNC)CC1C. The molecular formula is C15H24ClN3. The Labute approximate surface area is 121 Å². The van der Waals surface area contributed by atoms with E-state index in [-0.39, 0.29) is 0 Å². The molecule has 1 aliphatic heterocycles. The summed E-state index contributed by atoms with van der Waals surface area (Å²) in [6, 6.07) is 6.77. The molecule has 1 aromatic carbocycles. The first-order valence-corrected chi connectivity index (χ1v) is 7.46. The average Bonchev–Trinajstić information content (AvgIpc) is 2.39. The lowest BCUT2D eigenvalue weighted by Crippen LogP contribution is -2.52. The second-order valence-corrected chi connectivity index (χ2v) is 5.61. The molecule has 4 heteroatoms. The maximum absolute atomic E-state index is 6.43. The number of piperazine rings is 1. The lowest BCUT2D eigenvalue weighted by Gasteiger charge is -2.41. The van der Waals surface area contributed by atoms with Crippen molar-refractivity contribution >= 4 is 17.3 Å². The summed E-state index contributed by atoms with van der Waals surface area (Å²) in [6.45, 7) is 9.73. The van der Waals surface area contributed by atoms with Gasteiger partial charge in [-0.05, 0) is 32.1 Å². The van der Waals surface area contributed by atoms with E-state index in [2.05, 4.69) is 35.0 Å². The fourth-order valence-corrected chi connectivity index (χ4v) is 3.23. The Bertz CT molecular complexity index is 422. The average molecular weight is 282 g/mol. The van der Waals surface area contributed by atoms with Crippen molar-refractivity contribution in [3.63, 3.8) is 0 Å². The van der Waals surface area contributed by atoms with Crippen LogP contribution in [0.2, 0.25) is 5.02 Å². The van der Waals surface area contributed by atoms with Crippen molar-refractivity contribution < 1.29 is 0 Å². The minimum atomic E-state index is 0.581. The number of benzene rings is 1. The van der Waals surface area contributed by atoms with Crippen molar-refractivity contribution in [1.82, 2.24) is 10.2 Å². The summed E-state index contributed by atoms with van der Waals surface area (Å²) in [4.78, 5) is 4.96. The lowest BCUT2D eigenvalue weighted by molar-refractivity contribution is 0.199. The Morgan fingerprint density at radius 3 is 2.79 bits per heavy atom. The first kappa shape index (κ1) is 14.6. The highest BCUT2D eigenvalue weighted by atomic mass is 35.5. The molecule has 1 saturated heterocycles. The quantitative estimate of drug-likeness (QED) is 0.915. The van der Waals surface area contributed by atoms with Crippen LogP contribution in [0.25, 0.3) is 0 Å². The van der Waals surface area contributed by atoms with E-state index in [1.54, 1.807) is 0 Å². The summed E-state index contributed by atoms with van der Waals surface area (Å²) in [5, 5.41) is 4.09. The molecule has 1 N–H and O–H groups in total. The zero-order chi connectivity index (χ0) is 13.8. The van der Waals surface area contributed by atoms with Gasteiger partial charge < -0.3 is 10.2 Å². The number of hydrogen-bond acceptors (Lipinski definition) is 3. The van der Waals surface area contributed by atoms with Crippen molar-refractivity contribution in [3.05, 3.63) is 28.8 Å². The van der Waals surface area contributed by atoms with Crippen LogP contribution >= 0.6 is 11.6 Å². The van der Waals surface area contributed by atoms with Crippen LogP contribution in [-0.2, 0) is 6.54 Å². The number of para-hydroxylation sites is 1. The van der Waals surface area contributed by atoms with E-state index in [9.17, 15) is 0 Å². The van der Waals surface area contributed by atoms with Gasteiger partial charge in [-0.15, -0.1) is 0 Å². The van der Waals surface area contributed by atoms with E-state index in [0.717, 1.165) is 37.7 Å². The van der Waals surface area contributed by atoms with Crippen LogP contribution in [0.1, 0.15) is 19.4 Å². The van der Waals surface area contributed by atoms with E-state index >= 15 is 0 Å². The third-order valence-corrected chi connectivity index (χ3v) is 4.23. The highest BCUT2D eigenvalue weighted by molar-refractivity contribution is 6.33. The van der Waals surface area contributed by atoms with Crippen molar-refractivity contribution in [2.75, 3.05) is 38.1 Å². The molecule has 19 heavy (non-hydrogen) atoms. The van der Waals surface area contributed by atoms with E-state index in [1.807, 2.05) is 19.2 Å². The summed E-state index contributed by atoms with van der Waals surface area (Å²) in [5.41, 5.74) is 2.49. The maximum Gasteiger partial charge on any atom is 0.0642 e. The number of nitrogens with zero attached hydrogens (tertiary/aromatic N) is 2. The van der Waals surface area contributed by atoms with Gasteiger partial charge in [0.05, 0.1) is 10.7 Å². The first-order chi connectivity index (χ1) is 9.17. The molecule has 1 aromatic rings. The molecule has 0 aliphatic carbocycles. The van der Waals surface area contributed by atoms with Gasteiger partial charge in [0.1, 0.15) is 0 Å². The molecule has 0 aromatic heterocycles. The molecule has 1 fully saturated rings. The molecule has 0 radical (unpaired) electrons. The smallest absolute Gasteiger partial charge is 0.0642 e. The number of likely N-dealkylation sites (N-methyl/N-ethyl adjacent to an activating group) is 1. The third kappa shape index (κ3) is 3.22. The summed E-state index contributed by atoms with van der Waals surface area (Å²) in [5.74, 6) is 0.